The molecule has 0 spiro atoms. The standard InChI is InChI=1S/C25H30N2O4/c1-15-22(27-23(31-15)20-6-4-3-5-7-20)24(29)30-14-21(28)26-16(2)25-11-17-8-18(12-25)10-19(9-17)13-25/h3-7,16-19H,8-14H2,1-2H3,(H,26,28)/t16-,17?,18?,19?,25?/m0/s1. The SMILES string of the molecule is Cc1oc(-c2ccccc2)nc1C(=O)OCC(=O)N[C@@H](C)C12CC3CC(CC(C3)C1)C2. The van der Waals surface area contributed by atoms with Crippen LogP contribution in [0.4, 0.5) is 0 Å². The maximum absolute atomic E-state index is 12.6. The number of rotatable bonds is 6. The Morgan fingerprint density at radius 3 is 2.35 bits per heavy atom. The first-order valence-electron chi connectivity index (χ1n) is 11.4. The smallest absolute Gasteiger partial charge is 0.361 e. The van der Waals surface area contributed by atoms with Crippen LogP contribution in [0.25, 0.3) is 11.5 Å². The number of carbonyl (C=O) groups excluding carboxylic acids is 2. The molecule has 31 heavy (non-hydrogen) atoms. The molecule has 4 aliphatic carbocycles. The highest BCUT2D eigenvalue weighted by Crippen LogP contribution is 2.61. The molecule has 4 aliphatic rings. The molecule has 4 saturated carbocycles. The van der Waals surface area contributed by atoms with Crippen molar-refractivity contribution in [1.29, 1.82) is 0 Å². The fourth-order valence-corrected chi connectivity index (χ4v) is 6.63. The van der Waals surface area contributed by atoms with E-state index < -0.39 is 5.97 Å². The Bertz CT molecular complexity index is 945. The van der Waals surface area contributed by atoms with Crippen LogP contribution < -0.4 is 5.32 Å². The number of carbonyl (C=O) groups is 2. The zero-order valence-electron chi connectivity index (χ0n) is 18.2. The van der Waals surface area contributed by atoms with Crippen LogP contribution in [-0.4, -0.2) is 29.5 Å². The number of benzene rings is 1. The molecule has 1 amide bonds. The molecule has 0 unspecified atom stereocenters. The molecule has 0 radical (unpaired) electrons. The van der Waals surface area contributed by atoms with Crippen molar-refractivity contribution < 1.29 is 18.7 Å². The van der Waals surface area contributed by atoms with Crippen molar-refractivity contribution in [2.75, 3.05) is 6.61 Å². The Kier molecular flexibility index (Phi) is 5.11. The van der Waals surface area contributed by atoms with E-state index in [4.69, 9.17) is 9.15 Å². The Hall–Kier alpha value is -2.63. The monoisotopic (exact) mass is 422 g/mol. The Morgan fingerprint density at radius 1 is 1.13 bits per heavy atom. The highest BCUT2D eigenvalue weighted by Gasteiger charge is 2.53. The van der Waals surface area contributed by atoms with Crippen molar-refractivity contribution in [3.8, 4) is 11.5 Å². The summed E-state index contributed by atoms with van der Waals surface area (Å²) in [6.07, 6.45) is 7.79. The summed E-state index contributed by atoms with van der Waals surface area (Å²) in [7, 11) is 0. The van der Waals surface area contributed by atoms with E-state index in [1.807, 2.05) is 30.3 Å². The second-order valence-corrected chi connectivity index (χ2v) is 9.94. The average Bonchev–Trinajstić information content (AvgIpc) is 3.13. The lowest BCUT2D eigenvalue weighted by atomic mass is 9.48. The van der Waals surface area contributed by atoms with E-state index in [0.29, 0.717) is 11.7 Å². The van der Waals surface area contributed by atoms with E-state index in [9.17, 15) is 9.59 Å². The number of esters is 1. The Labute approximate surface area is 182 Å². The van der Waals surface area contributed by atoms with Crippen LogP contribution >= 0.6 is 0 Å². The van der Waals surface area contributed by atoms with Gasteiger partial charge < -0.3 is 14.5 Å². The van der Waals surface area contributed by atoms with Crippen LogP contribution in [0.1, 0.15) is 61.7 Å². The third-order valence-corrected chi connectivity index (χ3v) is 7.73. The lowest BCUT2D eigenvalue weighted by Gasteiger charge is -2.59. The Balaban J connectivity index is 1.18. The lowest BCUT2D eigenvalue weighted by Crippen LogP contribution is -2.56. The minimum absolute atomic E-state index is 0.102. The summed E-state index contributed by atoms with van der Waals surface area (Å²) >= 11 is 0. The molecule has 1 N–H and O–H groups in total. The summed E-state index contributed by atoms with van der Waals surface area (Å²) in [5.74, 6) is 2.35. The normalized spacial score (nSPS) is 29.5. The first-order chi connectivity index (χ1) is 14.9. The predicted octanol–water partition coefficient (Wildman–Crippen LogP) is 4.53. The van der Waals surface area contributed by atoms with Crippen molar-refractivity contribution in [3.05, 3.63) is 41.8 Å². The molecule has 2 aromatic rings. The molecule has 6 rings (SSSR count). The third kappa shape index (κ3) is 3.88. The summed E-state index contributed by atoms with van der Waals surface area (Å²) in [5, 5.41) is 3.13. The Morgan fingerprint density at radius 2 is 1.74 bits per heavy atom. The zero-order chi connectivity index (χ0) is 21.6. The van der Waals surface area contributed by atoms with Gasteiger partial charge in [0.05, 0.1) is 0 Å². The number of oxazole rings is 1. The molecule has 4 fully saturated rings. The molecule has 164 valence electrons. The van der Waals surface area contributed by atoms with Crippen molar-refractivity contribution >= 4 is 11.9 Å². The van der Waals surface area contributed by atoms with Gasteiger partial charge in [0.2, 0.25) is 5.89 Å². The lowest BCUT2D eigenvalue weighted by molar-refractivity contribution is -0.128. The molecule has 4 bridgehead atoms. The summed E-state index contributed by atoms with van der Waals surface area (Å²) < 4.78 is 10.9. The summed E-state index contributed by atoms with van der Waals surface area (Å²) in [6, 6.07) is 9.48. The number of aromatic nitrogens is 1. The average molecular weight is 423 g/mol. The van der Waals surface area contributed by atoms with E-state index in [2.05, 4.69) is 17.2 Å². The van der Waals surface area contributed by atoms with Gasteiger partial charge in [-0.2, -0.15) is 0 Å². The van der Waals surface area contributed by atoms with Gasteiger partial charge in [-0.15, -0.1) is 0 Å². The fourth-order valence-electron chi connectivity index (χ4n) is 6.63. The van der Waals surface area contributed by atoms with Gasteiger partial charge in [-0.05, 0) is 87.7 Å². The summed E-state index contributed by atoms with van der Waals surface area (Å²) in [4.78, 5) is 29.3. The molecule has 1 atom stereocenters. The molecular weight excluding hydrogens is 392 g/mol. The van der Waals surface area contributed by atoms with Gasteiger partial charge in [0.25, 0.3) is 5.91 Å². The second kappa shape index (κ2) is 7.81. The number of ether oxygens (including phenoxy) is 1. The van der Waals surface area contributed by atoms with E-state index >= 15 is 0 Å². The molecule has 0 aliphatic heterocycles. The van der Waals surface area contributed by atoms with Crippen LogP contribution in [0.2, 0.25) is 0 Å². The number of amides is 1. The minimum Gasteiger partial charge on any atom is -0.451 e. The second-order valence-electron chi connectivity index (χ2n) is 9.94. The van der Waals surface area contributed by atoms with Gasteiger partial charge in [-0.3, -0.25) is 4.79 Å². The van der Waals surface area contributed by atoms with Crippen LogP contribution in [0.3, 0.4) is 0 Å². The highest BCUT2D eigenvalue weighted by atomic mass is 16.5. The van der Waals surface area contributed by atoms with Gasteiger partial charge >= 0.3 is 5.97 Å². The van der Waals surface area contributed by atoms with Gasteiger partial charge in [0.15, 0.2) is 12.3 Å². The largest absolute Gasteiger partial charge is 0.451 e. The van der Waals surface area contributed by atoms with Crippen molar-refractivity contribution in [2.45, 2.75) is 58.4 Å². The van der Waals surface area contributed by atoms with Gasteiger partial charge in [0, 0.05) is 11.6 Å². The molecule has 6 heteroatoms. The van der Waals surface area contributed by atoms with Crippen LogP contribution in [0, 0.1) is 30.1 Å². The minimum atomic E-state index is -0.638. The maximum atomic E-state index is 12.6. The van der Waals surface area contributed by atoms with E-state index in [1.54, 1.807) is 6.92 Å². The maximum Gasteiger partial charge on any atom is 0.361 e. The van der Waals surface area contributed by atoms with Gasteiger partial charge in [-0.1, -0.05) is 18.2 Å². The number of hydrogen-bond donors (Lipinski definition) is 1. The first-order valence-corrected chi connectivity index (χ1v) is 11.4. The van der Waals surface area contributed by atoms with Crippen LogP contribution in [-0.2, 0) is 9.53 Å². The topological polar surface area (TPSA) is 81.4 Å². The van der Waals surface area contributed by atoms with Gasteiger partial charge in [0.1, 0.15) is 5.76 Å². The van der Waals surface area contributed by atoms with Crippen LogP contribution in [0.15, 0.2) is 34.7 Å². The third-order valence-electron chi connectivity index (χ3n) is 7.73. The van der Waals surface area contributed by atoms with Crippen LogP contribution in [0.5, 0.6) is 0 Å². The number of nitrogens with zero attached hydrogens (tertiary/aromatic N) is 1. The first kappa shape index (κ1) is 20.3. The van der Waals surface area contributed by atoms with Crippen molar-refractivity contribution in [1.82, 2.24) is 10.3 Å². The highest BCUT2D eigenvalue weighted by molar-refractivity contribution is 5.91. The summed E-state index contributed by atoms with van der Waals surface area (Å²) in [6.45, 7) is 3.49. The molecule has 1 aromatic heterocycles. The zero-order valence-corrected chi connectivity index (χ0v) is 18.2. The molecule has 6 nitrogen and oxygen atoms in total. The molecule has 1 aromatic carbocycles. The molecular formula is C25H30N2O4. The van der Waals surface area contributed by atoms with Gasteiger partial charge in [-0.25, -0.2) is 9.78 Å². The predicted molar refractivity (Wildman–Crippen MR) is 115 cm³/mol. The summed E-state index contributed by atoms with van der Waals surface area (Å²) in [5.41, 5.74) is 1.12. The van der Waals surface area contributed by atoms with Crippen molar-refractivity contribution in [2.24, 2.45) is 23.2 Å². The van der Waals surface area contributed by atoms with E-state index in [-0.39, 0.29) is 29.7 Å². The fraction of sp³-hybridized carbons (Fsp3) is 0.560. The van der Waals surface area contributed by atoms with E-state index in [1.165, 1.54) is 38.5 Å². The number of aryl methyl sites for hydroxylation is 1. The van der Waals surface area contributed by atoms with E-state index in [0.717, 1.165) is 23.3 Å². The molecule has 1 heterocycles. The van der Waals surface area contributed by atoms with Crippen molar-refractivity contribution in [3.63, 3.8) is 0 Å². The quantitative estimate of drug-likeness (QED) is 0.692. The molecule has 0 saturated heterocycles. The number of hydrogen-bond acceptors (Lipinski definition) is 5. The number of nitrogens with one attached hydrogen (secondary N) is 1.